The summed E-state index contributed by atoms with van der Waals surface area (Å²) in [5.41, 5.74) is 0.287. The average Bonchev–Trinajstić information content (AvgIpc) is 2.95. The van der Waals surface area contributed by atoms with Crippen LogP contribution in [0.4, 0.5) is 0 Å². The number of fused-ring (bicyclic) bond motifs is 1. The van der Waals surface area contributed by atoms with Crippen LogP contribution in [0, 0.1) is 17.3 Å². The Morgan fingerprint density at radius 2 is 1.54 bits per heavy atom. The van der Waals surface area contributed by atoms with Crippen molar-refractivity contribution in [2.24, 2.45) is 17.3 Å². The maximum atomic E-state index is 12.1. The second-order valence-electron chi connectivity index (χ2n) is 5.31. The Bertz CT molecular complexity index is 230. The molecule has 0 amide bonds. The zero-order valence-corrected chi connectivity index (χ0v) is 8.22. The van der Waals surface area contributed by atoms with Crippen LogP contribution in [-0.4, -0.2) is 5.78 Å². The third-order valence-electron chi connectivity index (χ3n) is 4.40. The van der Waals surface area contributed by atoms with Crippen molar-refractivity contribution in [3.63, 3.8) is 0 Å². The van der Waals surface area contributed by atoms with Gasteiger partial charge < -0.3 is 0 Å². The Labute approximate surface area is 79.9 Å². The lowest BCUT2D eigenvalue weighted by atomic mass is 9.89. The number of rotatable bonds is 2. The first-order valence-corrected chi connectivity index (χ1v) is 5.87. The molecular formula is C12H18O. The Balaban J connectivity index is 1.65. The lowest BCUT2D eigenvalue weighted by Crippen LogP contribution is -2.19. The van der Waals surface area contributed by atoms with Gasteiger partial charge in [0.15, 0.2) is 0 Å². The first kappa shape index (κ1) is 8.02. The molecule has 3 saturated carbocycles. The monoisotopic (exact) mass is 178 g/mol. The lowest BCUT2D eigenvalue weighted by Gasteiger charge is -2.14. The Morgan fingerprint density at radius 3 is 2.00 bits per heavy atom. The molecule has 0 spiro atoms. The van der Waals surface area contributed by atoms with Gasteiger partial charge in [-0.25, -0.2) is 0 Å². The van der Waals surface area contributed by atoms with Crippen LogP contribution in [0.3, 0.4) is 0 Å². The van der Waals surface area contributed by atoms with Crippen molar-refractivity contribution in [3.05, 3.63) is 0 Å². The Morgan fingerprint density at radius 1 is 1.00 bits per heavy atom. The highest BCUT2D eigenvalue weighted by molar-refractivity contribution is 5.93. The topological polar surface area (TPSA) is 17.1 Å². The summed E-state index contributed by atoms with van der Waals surface area (Å²) in [6.07, 6.45) is 10.2. The van der Waals surface area contributed by atoms with Crippen molar-refractivity contribution in [1.29, 1.82) is 0 Å². The molecule has 0 radical (unpaired) electrons. The molecule has 3 aliphatic carbocycles. The van der Waals surface area contributed by atoms with Crippen LogP contribution >= 0.6 is 0 Å². The molecule has 3 rings (SSSR count). The van der Waals surface area contributed by atoms with Crippen molar-refractivity contribution in [2.75, 3.05) is 0 Å². The van der Waals surface area contributed by atoms with E-state index in [0.717, 1.165) is 5.92 Å². The largest absolute Gasteiger partial charge is 0.299 e. The van der Waals surface area contributed by atoms with Crippen LogP contribution < -0.4 is 0 Å². The van der Waals surface area contributed by atoms with Gasteiger partial charge in [-0.15, -0.1) is 0 Å². The highest BCUT2D eigenvalue weighted by Crippen LogP contribution is 2.76. The molecule has 0 aromatic heterocycles. The molecule has 72 valence electrons. The molecule has 0 unspecified atom stereocenters. The van der Waals surface area contributed by atoms with Gasteiger partial charge in [-0.3, -0.25) is 4.79 Å². The van der Waals surface area contributed by atoms with Gasteiger partial charge in [0.1, 0.15) is 5.78 Å². The lowest BCUT2D eigenvalue weighted by molar-refractivity contribution is -0.126. The first-order valence-electron chi connectivity index (χ1n) is 5.87. The molecule has 3 fully saturated rings. The maximum absolute atomic E-state index is 12.1. The van der Waals surface area contributed by atoms with Crippen LogP contribution in [0.2, 0.25) is 0 Å². The van der Waals surface area contributed by atoms with Crippen molar-refractivity contribution in [1.82, 2.24) is 0 Å². The fourth-order valence-electron chi connectivity index (χ4n) is 3.05. The molecule has 0 bridgehead atoms. The quantitative estimate of drug-likeness (QED) is 0.594. The minimum atomic E-state index is 0.287. The third-order valence-corrected chi connectivity index (χ3v) is 4.40. The summed E-state index contributed by atoms with van der Waals surface area (Å²) in [7, 11) is 0. The summed E-state index contributed by atoms with van der Waals surface area (Å²) < 4.78 is 0. The van der Waals surface area contributed by atoms with E-state index in [-0.39, 0.29) is 5.41 Å². The smallest absolute Gasteiger partial charge is 0.142 e. The van der Waals surface area contributed by atoms with Crippen LogP contribution in [0.5, 0.6) is 0 Å². The van der Waals surface area contributed by atoms with E-state index < -0.39 is 0 Å². The summed E-state index contributed by atoms with van der Waals surface area (Å²) in [6, 6.07) is 0. The van der Waals surface area contributed by atoms with E-state index in [9.17, 15) is 4.79 Å². The summed E-state index contributed by atoms with van der Waals surface area (Å²) in [5.74, 6) is 1.98. The van der Waals surface area contributed by atoms with Gasteiger partial charge in [0.05, 0.1) is 0 Å². The predicted molar refractivity (Wildman–Crippen MR) is 51.4 cm³/mol. The molecule has 0 aliphatic heterocycles. The van der Waals surface area contributed by atoms with Gasteiger partial charge in [0, 0.05) is 11.3 Å². The summed E-state index contributed by atoms with van der Waals surface area (Å²) >= 11 is 0. The van der Waals surface area contributed by atoms with Crippen molar-refractivity contribution < 1.29 is 4.79 Å². The minimum absolute atomic E-state index is 0.287. The maximum Gasteiger partial charge on any atom is 0.142 e. The van der Waals surface area contributed by atoms with E-state index >= 15 is 0 Å². The average molecular weight is 178 g/mol. The predicted octanol–water partition coefficient (Wildman–Crippen LogP) is 2.94. The molecule has 0 saturated heterocycles. The van der Waals surface area contributed by atoms with Gasteiger partial charge in [0.25, 0.3) is 0 Å². The minimum Gasteiger partial charge on any atom is -0.299 e. The number of Topliss-reactive ketones (excluding diaryl/α,β-unsaturated/α-hetero) is 1. The molecule has 0 heterocycles. The number of hydrogen-bond acceptors (Lipinski definition) is 1. The summed E-state index contributed by atoms with van der Waals surface area (Å²) in [4.78, 5) is 12.1. The molecule has 0 atom stereocenters. The number of carbonyl (C=O) groups excluding carboxylic acids is 1. The van der Waals surface area contributed by atoms with Gasteiger partial charge in [0.2, 0.25) is 0 Å². The van der Waals surface area contributed by atoms with E-state index in [4.69, 9.17) is 0 Å². The molecule has 13 heavy (non-hydrogen) atoms. The normalized spacial score (nSPS) is 43.5. The third kappa shape index (κ3) is 1.16. The second kappa shape index (κ2) is 2.59. The molecule has 0 aromatic carbocycles. The highest BCUT2D eigenvalue weighted by atomic mass is 16.1. The Hall–Kier alpha value is -0.330. The molecule has 0 N–H and O–H groups in total. The summed E-state index contributed by atoms with van der Waals surface area (Å²) in [6.45, 7) is 0. The standard InChI is InChI=1S/C12H18O/c13-11(12-7-10(12)8-12)9-5-3-1-2-4-6-9/h9-10H,1-8H2. The SMILES string of the molecule is O=C(C1CCCCCC1)C12CC1C2. The fourth-order valence-corrected chi connectivity index (χ4v) is 3.05. The number of carbonyl (C=O) groups is 1. The Kier molecular flexibility index (Phi) is 1.59. The highest BCUT2D eigenvalue weighted by Gasteiger charge is 2.74. The fraction of sp³-hybridized carbons (Fsp3) is 0.917. The van der Waals surface area contributed by atoms with Crippen LogP contribution in [0.15, 0.2) is 0 Å². The van der Waals surface area contributed by atoms with E-state index in [1.165, 1.54) is 51.4 Å². The van der Waals surface area contributed by atoms with Crippen LogP contribution in [0.25, 0.3) is 0 Å². The van der Waals surface area contributed by atoms with Crippen LogP contribution in [-0.2, 0) is 4.79 Å². The van der Waals surface area contributed by atoms with Crippen molar-refractivity contribution in [2.45, 2.75) is 51.4 Å². The van der Waals surface area contributed by atoms with Crippen molar-refractivity contribution >= 4 is 5.78 Å². The molecule has 1 nitrogen and oxygen atoms in total. The van der Waals surface area contributed by atoms with Crippen LogP contribution in [0.1, 0.15) is 51.4 Å². The number of ketones is 1. The molecule has 1 heteroatoms. The summed E-state index contributed by atoms with van der Waals surface area (Å²) in [5, 5.41) is 0. The number of hydrogen-bond donors (Lipinski definition) is 0. The van der Waals surface area contributed by atoms with Gasteiger partial charge in [-0.05, 0) is 31.6 Å². The molecule has 0 aromatic rings. The van der Waals surface area contributed by atoms with Gasteiger partial charge in [-0.1, -0.05) is 25.7 Å². The van der Waals surface area contributed by atoms with E-state index in [2.05, 4.69) is 0 Å². The van der Waals surface area contributed by atoms with E-state index in [1.54, 1.807) is 0 Å². The van der Waals surface area contributed by atoms with Gasteiger partial charge in [-0.2, -0.15) is 0 Å². The van der Waals surface area contributed by atoms with Gasteiger partial charge >= 0.3 is 0 Å². The van der Waals surface area contributed by atoms with E-state index in [1.807, 2.05) is 0 Å². The van der Waals surface area contributed by atoms with Crippen molar-refractivity contribution in [3.8, 4) is 0 Å². The molecular weight excluding hydrogens is 160 g/mol. The zero-order valence-electron chi connectivity index (χ0n) is 8.22. The van der Waals surface area contributed by atoms with E-state index in [0.29, 0.717) is 11.7 Å². The first-order chi connectivity index (χ1) is 6.33. The molecule has 3 aliphatic rings. The zero-order chi connectivity index (χ0) is 8.89. The second-order valence-corrected chi connectivity index (χ2v) is 5.31.